The first-order valence-electron chi connectivity index (χ1n) is 6.60. The Labute approximate surface area is 118 Å². The largest absolute Gasteiger partial charge is 0.392 e. The number of benzene rings is 2. The summed E-state index contributed by atoms with van der Waals surface area (Å²) in [5.74, 6) is 0. The summed E-state index contributed by atoms with van der Waals surface area (Å²) >= 11 is 0. The molecule has 3 rings (SSSR count). The van der Waals surface area contributed by atoms with E-state index in [4.69, 9.17) is 0 Å². The van der Waals surface area contributed by atoms with E-state index < -0.39 is 0 Å². The van der Waals surface area contributed by atoms with Gasteiger partial charge in [0.15, 0.2) is 0 Å². The quantitative estimate of drug-likeness (QED) is 0.788. The van der Waals surface area contributed by atoms with Gasteiger partial charge in [0.1, 0.15) is 0 Å². The van der Waals surface area contributed by atoms with Gasteiger partial charge < -0.3 is 5.11 Å². The van der Waals surface area contributed by atoms with Gasteiger partial charge in [-0.25, -0.2) is 4.68 Å². The third kappa shape index (κ3) is 2.36. The molecule has 0 amide bonds. The Morgan fingerprint density at radius 3 is 2.35 bits per heavy atom. The van der Waals surface area contributed by atoms with Crippen LogP contribution in [0.4, 0.5) is 0 Å². The second kappa shape index (κ2) is 5.31. The molecule has 1 heterocycles. The summed E-state index contributed by atoms with van der Waals surface area (Å²) in [6.45, 7) is 2.04. The number of aryl methyl sites for hydroxylation is 1. The minimum atomic E-state index is -0.0178. The smallest absolute Gasteiger partial charge is 0.0982 e. The molecule has 0 spiro atoms. The highest BCUT2D eigenvalue weighted by molar-refractivity contribution is 5.63. The average molecular weight is 264 g/mol. The van der Waals surface area contributed by atoms with Gasteiger partial charge in [0.25, 0.3) is 0 Å². The highest BCUT2D eigenvalue weighted by Crippen LogP contribution is 2.23. The van der Waals surface area contributed by atoms with Crippen LogP contribution in [-0.4, -0.2) is 14.9 Å². The number of aliphatic hydroxyl groups excluding tert-OH is 1. The fraction of sp³-hybridized carbons (Fsp3) is 0.118. The molecule has 0 saturated heterocycles. The fourth-order valence-electron chi connectivity index (χ4n) is 2.19. The molecule has 1 N–H and O–H groups in total. The normalized spacial score (nSPS) is 10.7. The van der Waals surface area contributed by atoms with Crippen LogP contribution in [0.3, 0.4) is 0 Å². The standard InChI is InChI=1S/C17H16N2O/c1-13-7-9-16(10-8-13)19-11-15(12-20)17(18-19)14-5-3-2-4-6-14/h2-11,20H,12H2,1H3. The molecular weight excluding hydrogens is 248 g/mol. The van der Waals surface area contributed by atoms with Crippen molar-refractivity contribution in [1.29, 1.82) is 0 Å². The monoisotopic (exact) mass is 264 g/mol. The zero-order chi connectivity index (χ0) is 13.9. The van der Waals surface area contributed by atoms with E-state index in [1.165, 1.54) is 5.56 Å². The molecule has 0 aliphatic carbocycles. The van der Waals surface area contributed by atoms with E-state index >= 15 is 0 Å². The molecule has 3 aromatic rings. The maximum absolute atomic E-state index is 9.53. The molecule has 3 heteroatoms. The molecule has 0 bridgehead atoms. The van der Waals surface area contributed by atoms with Crippen molar-refractivity contribution in [2.75, 3.05) is 0 Å². The first-order valence-corrected chi connectivity index (χ1v) is 6.60. The molecule has 0 unspecified atom stereocenters. The maximum Gasteiger partial charge on any atom is 0.0982 e. The zero-order valence-electron chi connectivity index (χ0n) is 11.3. The van der Waals surface area contributed by atoms with E-state index in [2.05, 4.69) is 24.2 Å². The number of aliphatic hydroxyl groups is 1. The van der Waals surface area contributed by atoms with Crippen LogP contribution in [0, 0.1) is 6.92 Å². The zero-order valence-corrected chi connectivity index (χ0v) is 11.3. The maximum atomic E-state index is 9.53. The van der Waals surface area contributed by atoms with Crippen LogP contribution in [0.25, 0.3) is 16.9 Å². The highest BCUT2D eigenvalue weighted by atomic mass is 16.3. The minimum absolute atomic E-state index is 0.0178. The molecule has 0 saturated carbocycles. The molecule has 20 heavy (non-hydrogen) atoms. The molecular formula is C17H16N2O. The molecule has 0 radical (unpaired) electrons. The van der Waals surface area contributed by atoms with Gasteiger partial charge in [-0.05, 0) is 19.1 Å². The van der Waals surface area contributed by atoms with E-state index in [1.54, 1.807) is 0 Å². The SMILES string of the molecule is Cc1ccc(-n2cc(CO)c(-c3ccccc3)n2)cc1. The topological polar surface area (TPSA) is 38.0 Å². The van der Waals surface area contributed by atoms with Gasteiger partial charge in [0, 0.05) is 17.3 Å². The Morgan fingerprint density at radius 1 is 1.00 bits per heavy atom. The van der Waals surface area contributed by atoms with E-state index in [-0.39, 0.29) is 6.61 Å². The van der Waals surface area contributed by atoms with Gasteiger partial charge in [-0.2, -0.15) is 5.10 Å². The summed E-state index contributed by atoms with van der Waals surface area (Å²) in [4.78, 5) is 0. The summed E-state index contributed by atoms with van der Waals surface area (Å²) in [5, 5.41) is 14.1. The summed E-state index contributed by atoms with van der Waals surface area (Å²) in [6, 6.07) is 18.1. The van der Waals surface area contributed by atoms with Crippen LogP contribution in [-0.2, 0) is 6.61 Å². The van der Waals surface area contributed by atoms with Gasteiger partial charge in [0.2, 0.25) is 0 Å². The van der Waals surface area contributed by atoms with Crippen molar-refractivity contribution in [3.8, 4) is 16.9 Å². The van der Waals surface area contributed by atoms with Crippen LogP contribution < -0.4 is 0 Å². The van der Waals surface area contributed by atoms with E-state index in [0.717, 1.165) is 22.5 Å². The Bertz CT molecular complexity index is 700. The lowest BCUT2D eigenvalue weighted by Crippen LogP contribution is -1.94. The number of rotatable bonds is 3. The molecule has 100 valence electrons. The number of hydrogen-bond acceptors (Lipinski definition) is 2. The van der Waals surface area contributed by atoms with Crippen molar-refractivity contribution < 1.29 is 5.11 Å². The molecule has 2 aromatic carbocycles. The molecule has 3 nitrogen and oxygen atoms in total. The molecule has 0 aliphatic rings. The number of hydrogen-bond donors (Lipinski definition) is 1. The summed E-state index contributed by atoms with van der Waals surface area (Å²) in [7, 11) is 0. The third-order valence-corrected chi connectivity index (χ3v) is 3.31. The number of nitrogens with zero attached hydrogens (tertiary/aromatic N) is 2. The Balaban J connectivity index is 2.07. The molecule has 1 aromatic heterocycles. The Kier molecular flexibility index (Phi) is 3.35. The second-order valence-corrected chi connectivity index (χ2v) is 4.81. The van der Waals surface area contributed by atoms with Crippen molar-refractivity contribution in [2.45, 2.75) is 13.5 Å². The van der Waals surface area contributed by atoms with Crippen LogP contribution >= 0.6 is 0 Å². The molecule has 0 aliphatic heterocycles. The van der Waals surface area contributed by atoms with Gasteiger partial charge in [-0.3, -0.25) is 0 Å². The Hall–Kier alpha value is -2.39. The van der Waals surface area contributed by atoms with Crippen molar-refractivity contribution in [2.24, 2.45) is 0 Å². The van der Waals surface area contributed by atoms with Gasteiger partial charge in [-0.1, -0.05) is 48.0 Å². The first kappa shape index (κ1) is 12.6. The second-order valence-electron chi connectivity index (χ2n) is 4.81. The van der Waals surface area contributed by atoms with Crippen LogP contribution in [0.2, 0.25) is 0 Å². The van der Waals surface area contributed by atoms with Crippen molar-refractivity contribution >= 4 is 0 Å². The highest BCUT2D eigenvalue weighted by Gasteiger charge is 2.11. The Morgan fingerprint density at radius 2 is 1.70 bits per heavy atom. The van der Waals surface area contributed by atoms with Gasteiger partial charge in [-0.15, -0.1) is 0 Å². The van der Waals surface area contributed by atoms with E-state index in [1.807, 2.05) is 53.3 Å². The van der Waals surface area contributed by atoms with Crippen molar-refractivity contribution in [1.82, 2.24) is 9.78 Å². The molecule has 0 atom stereocenters. The van der Waals surface area contributed by atoms with Crippen molar-refractivity contribution in [3.63, 3.8) is 0 Å². The minimum Gasteiger partial charge on any atom is -0.392 e. The average Bonchev–Trinajstić information content (AvgIpc) is 2.93. The van der Waals surface area contributed by atoms with Crippen molar-refractivity contribution in [3.05, 3.63) is 71.9 Å². The number of aromatic nitrogens is 2. The van der Waals surface area contributed by atoms with Crippen LogP contribution in [0.5, 0.6) is 0 Å². The third-order valence-electron chi connectivity index (χ3n) is 3.31. The van der Waals surface area contributed by atoms with Gasteiger partial charge in [0.05, 0.1) is 18.0 Å². The first-order chi connectivity index (χ1) is 9.78. The summed E-state index contributed by atoms with van der Waals surface area (Å²) < 4.78 is 1.81. The van der Waals surface area contributed by atoms with Crippen LogP contribution in [0.1, 0.15) is 11.1 Å². The summed E-state index contributed by atoms with van der Waals surface area (Å²) in [6.07, 6.45) is 1.88. The molecule has 0 fully saturated rings. The van der Waals surface area contributed by atoms with E-state index in [0.29, 0.717) is 0 Å². The fourth-order valence-corrected chi connectivity index (χ4v) is 2.19. The lowest BCUT2D eigenvalue weighted by molar-refractivity contribution is 0.282. The van der Waals surface area contributed by atoms with Gasteiger partial charge >= 0.3 is 0 Å². The lowest BCUT2D eigenvalue weighted by Gasteiger charge is -2.01. The predicted molar refractivity (Wildman–Crippen MR) is 79.7 cm³/mol. The predicted octanol–water partition coefficient (Wildman–Crippen LogP) is 3.34. The summed E-state index contributed by atoms with van der Waals surface area (Å²) in [5.41, 5.74) is 4.88. The lowest BCUT2D eigenvalue weighted by atomic mass is 10.1. The van der Waals surface area contributed by atoms with Crippen LogP contribution in [0.15, 0.2) is 60.8 Å². The van der Waals surface area contributed by atoms with E-state index in [9.17, 15) is 5.11 Å².